The molecular weight excluding hydrogens is 720 g/mol. The van der Waals surface area contributed by atoms with Gasteiger partial charge in [0.15, 0.2) is 0 Å². The number of halogens is 2. The minimum atomic E-state index is -0.0560. The van der Waals surface area contributed by atoms with Gasteiger partial charge in [0, 0.05) is 32.6 Å². The molecule has 0 aromatic heterocycles. The Balaban J connectivity index is 0.000000188. The van der Waals surface area contributed by atoms with Crippen LogP contribution in [0.1, 0.15) is 151 Å². The number of benzene rings is 2. The van der Waals surface area contributed by atoms with Crippen molar-refractivity contribution in [1.29, 1.82) is 0 Å². The number of carbonyl (C=O) groups excluding carboxylic acids is 2. The molecule has 260 valence electrons. The average Bonchev–Trinajstić information content (AvgIpc) is 3.20. The molecule has 0 saturated heterocycles. The van der Waals surface area contributed by atoms with Gasteiger partial charge in [-0.1, -0.05) is 122 Å². The lowest BCUT2D eigenvalue weighted by molar-refractivity contribution is -0.123. The van der Waals surface area contributed by atoms with Crippen LogP contribution in [0, 0.1) is 49.4 Å². The van der Waals surface area contributed by atoms with Gasteiger partial charge in [0.25, 0.3) is 0 Å². The number of fused-ring (bicyclic) bond motifs is 2. The Hall–Kier alpha value is -1.78. The molecule has 0 heterocycles. The van der Waals surface area contributed by atoms with E-state index in [0.29, 0.717) is 24.4 Å². The van der Waals surface area contributed by atoms with Crippen LogP contribution >= 0.6 is 31.9 Å². The highest BCUT2D eigenvalue weighted by molar-refractivity contribution is 9.10. The maximum atomic E-state index is 13.2. The molecule has 0 N–H and O–H groups in total. The summed E-state index contributed by atoms with van der Waals surface area (Å²) in [5.41, 5.74) is 10.8. The summed E-state index contributed by atoms with van der Waals surface area (Å²) < 4.78 is 2.18. The first kappa shape index (κ1) is 37.5. The van der Waals surface area contributed by atoms with Gasteiger partial charge in [-0.3, -0.25) is 9.59 Å². The lowest BCUT2D eigenvalue weighted by Gasteiger charge is -2.49. The molecule has 2 aromatic rings. The third-order valence-corrected chi connectivity index (χ3v) is 14.3. The van der Waals surface area contributed by atoms with Crippen molar-refractivity contribution in [2.24, 2.45) is 21.7 Å². The van der Waals surface area contributed by atoms with Crippen molar-refractivity contribution in [2.75, 3.05) is 0 Å². The third kappa shape index (κ3) is 6.80. The van der Waals surface area contributed by atoms with Crippen LogP contribution in [-0.4, -0.2) is 11.6 Å². The normalized spacial score (nSPS) is 29.7. The van der Waals surface area contributed by atoms with Gasteiger partial charge in [0.05, 0.1) is 11.8 Å². The van der Waals surface area contributed by atoms with Crippen LogP contribution in [-0.2, 0) is 9.59 Å². The second kappa shape index (κ2) is 13.7. The monoisotopic (exact) mass is 776 g/mol. The molecule has 2 aromatic carbocycles. The fourth-order valence-corrected chi connectivity index (χ4v) is 11.7. The number of aryl methyl sites for hydroxylation is 4. The molecule has 0 amide bonds. The SMILES string of the molecule is Cc1cc(Br)c([C@@H]2C(=O)CCC=C3C(C)(C)CCC[C@@]32C)cc1C.Cc1cc(Br)c([C@H]2C(=O)CCC=C3C(C)(C)CCC[C@@]32C)cc1C. The second-order valence-electron chi connectivity index (χ2n) is 17.3. The van der Waals surface area contributed by atoms with Gasteiger partial charge in [-0.2, -0.15) is 0 Å². The summed E-state index contributed by atoms with van der Waals surface area (Å²) in [5, 5.41) is 0. The standard InChI is InChI=1S/2C22H29BrO/c2*1-14-12-16(17(23)13-15(14)2)20-18(24)8-6-9-19-21(3,4)10-7-11-22(19,20)5/h2*9,12-13,20H,6-8,10-11H2,1-5H3/t20-,22+;20-,22-/m10/s1. The molecule has 2 nitrogen and oxygen atoms in total. The Morgan fingerprint density at radius 3 is 1.23 bits per heavy atom. The zero-order valence-electron chi connectivity index (χ0n) is 31.3. The van der Waals surface area contributed by atoms with Crippen LogP contribution in [0.3, 0.4) is 0 Å². The molecule has 0 unspecified atom stereocenters. The van der Waals surface area contributed by atoms with Crippen molar-refractivity contribution in [3.05, 3.63) is 89.9 Å². The summed E-state index contributed by atoms with van der Waals surface area (Å²) in [4.78, 5) is 26.4. The minimum Gasteiger partial charge on any atom is -0.299 e. The molecule has 4 heteroatoms. The fraction of sp³-hybridized carbons (Fsp3) is 0.591. The van der Waals surface area contributed by atoms with Crippen LogP contribution < -0.4 is 0 Å². The Morgan fingerprint density at radius 2 is 0.875 bits per heavy atom. The van der Waals surface area contributed by atoms with Crippen molar-refractivity contribution < 1.29 is 9.59 Å². The lowest BCUT2D eigenvalue weighted by atomic mass is 9.54. The van der Waals surface area contributed by atoms with Crippen molar-refractivity contribution in [2.45, 2.75) is 145 Å². The molecule has 4 atom stereocenters. The molecule has 4 aliphatic rings. The highest BCUT2D eigenvalue weighted by Crippen LogP contribution is 2.60. The van der Waals surface area contributed by atoms with E-state index in [9.17, 15) is 9.59 Å². The Morgan fingerprint density at radius 1 is 0.542 bits per heavy atom. The van der Waals surface area contributed by atoms with E-state index in [1.807, 2.05) is 0 Å². The molecule has 0 radical (unpaired) electrons. The van der Waals surface area contributed by atoms with E-state index in [0.717, 1.165) is 34.6 Å². The Bertz CT molecular complexity index is 1550. The van der Waals surface area contributed by atoms with Crippen LogP contribution in [0.5, 0.6) is 0 Å². The van der Waals surface area contributed by atoms with Gasteiger partial charge in [0.2, 0.25) is 0 Å². The number of carbonyl (C=O) groups is 2. The molecule has 6 rings (SSSR count). The van der Waals surface area contributed by atoms with E-state index < -0.39 is 0 Å². The Kier molecular flexibility index (Phi) is 10.7. The minimum absolute atomic E-state index is 0.0282. The maximum absolute atomic E-state index is 13.2. The Labute approximate surface area is 308 Å². The molecule has 0 bridgehead atoms. The van der Waals surface area contributed by atoms with Crippen LogP contribution in [0.4, 0.5) is 0 Å². The van der Waals surface area contributed by atoms with Gasteiger partial charge in [-0.15, -0.1) is 0 Å². The van der Waals surface area contributed by atoms with Crippen molar-refractivity contribution in [3.63, 3.8) is 0 Å². The fourth-order valence-electron chi connectivity index (χ4n) is 10.3. The number of Topliss-reactive ketones (excluding diaryl/α,β-unsaturated/α-hetero) is 2. The zero-order valence-corrected chi connectivity index (χ0v) is 34.4. The molecule has 0 spiro atoms. The molecule has 2 saturated carbocycles. The largest absolute Gasteiger partial charge is 0.299 e. The summed E-state index contributed by atoms with van der Waals surface area (Å²) in [6, 6.07) is 8.86. The molecule has 2 fully saturated rings. The smallest absolute Gasteiger partial charge is 0.141 e. The maximum Gasteiger partial charge on any atom is 0.141 e. The van der Waals surface area contributed by atoms with E-state index in [1.54, 1.807) is 0 Å². The summed E-state index contributed by atoms with van der Waals surface area (Å²) in [5.74, 6) is 0.759. The molecular formula is C44H58Br2O2. The van der Waals surface area contributed by atoms with E-state index in [4.69, 9.17) is 0 Å². The summed E-state index contributed by atoms with van der Waals surface area (Å²) in [6.45, 7) is 22.7. The number of rotatable bonds is 2. The van der Waals surface area contributed by atoms with Crippen molar-refractivity contribution in [3.8, 4) is 0 Å². The second-order valence-corrected chi connectivity index (χ2v) is 19.0. The lowest BCUT2D eigenvalue weighted by Crippen LogP contribution is -2.40. The van der Waals surface area contributed by atoms with E-state index in [1.165, 1.54) is 70.2 Å². The topological polar surface area (TPSA) is 34.1 Å². The quantitative estimate of drug-likeness (QED) is 0.285. The first-order chi connectivity index (χ1) is 22.3. The first-order valence-corrected chi connectivity index (χ1v) is 19.9. The summed E-state index contributed by atoms with van der Waals surface area (Å²) >= 11 is 7.53. The average molecular weight is 779 g/mol. The van der Waals surface area contributed by atoms with E-state index >= 15 is 0 Å². The third-order valence-electron chi connectivity index (χ3n) is 12.9. The highest BCUT2D eigenvalue weighted by Gasteiger charge is 2.51. The van der Waals surface area contributed by atoms with Crippen molar-refractivity contribution >= 4 is 43.4 Å². The summed E-state index contributed by atoms with van der Waals surface area (Å²) in [6.07, 6.45) is 15.0. The molecule has 48 heavy (non-hydrogen) atoms. The van der Waals surface area contributed by atoms with Gasteiger partial charge < -0.3 is 0 Å². The first-order valence-electron chi connectivity index (χ1n) is 18.3. The summed E-state index contributed by atoms with van der Waals surface area (Å²) in [7, 11) is 0. The van der Waals surface area contributed by atoms with Gasteiger partial charge in [0.1, 0.15) is 11.6 Å². The van der Waals surface area contributed by atoms with Gasteiger partial charge in [-0.25, -0.2) is 0 Å². The number of hydrogen-bond donors (Lipinski definition) is 0. The van der Waals surface area contributed by atoms with Crippen LogP contribution in [0.25, 0.3) is 0 Å². The number of ketones is 2. The van der Waals surface area contributed by atoms with E-state index in [2.05, 4.69) is 138 Å². The van der Waals surface area contributed by atoms with E-state index in [-0.39, 0.29) is 33.5 Å². The predicted molar refractivity (Wildman–Crippen MR) is 209 cm³/mol. The van der Waals surface area contributed by atoms with Gasteiger partial charge >= 0.3 is 0 Å². The molecule has 4 aliphatic carbocycles. The van der Waals surface area contributed by atoms with Crippen LogP contribution in [0.15, 0.2) is 56.5 Å². The number of allylic oxidation sites excluding steroid dienone is 4. The van der Waals surface area contributed by atoms with Crippen molar-refractivity contribution in [1.82, 2.24) is 0 Å². The van der Waals surface area contributed by atoms with Gasteiger partial charge in [-0.05, 0) is 123 Å². The highest BCUT2D eigenvalue weighted by atomic mass is 79.9. The zero-order chi connectivity index (χ0) is 35.4. The molecule has 0 aliphatic heterocycles. The van der Waals surface area contributed by atoms with Crippen LogP contribution in [0.2, 0.25) is 0 Å². The predicted octanol–water partition coefficient (Wildman–Crippen LogP) is 13.3. The number of hydrogen-bond acceptors (Lipinski definition) is 2.